The summed E-state index contributed by atoms with van der Waals surface area (Å²) in [7, 11) is -3.52. The lowest BCUT2D eigenvalue weighted by atomic mass is 10.4. The van der Waals surface area contributed by atoms with Crippen LogP contribution in [0.5, 0.6) is 0 Å². The molecule has 0 unspecified atom stereocenters. The van der Waals surface area contributed by atoms with Crippen molar-refractivity contribution < 1.29 is 8.42 Å². The van der Waals surface area contributed by atoms with Crippen LogP contribution in [0.25, 0.3) is 0 Å². The summed E-state index contributed by atoms with van der Waals surface area (Å²) in [5.74, 6) is 0. The van der Waals surface area contributed by atoms with E-state index in [1.807, 2.05) is 6.92 Å². The number of nitrogens with zero attached hydrogens (tertiary/aromatic N) is 1. The number of aryl methyl sites for hydroxylation is 1. The lowest BCUT2D eigenvalue weighted by Gasteiger charge is -2.02. The maximum atomic E-state index is 12.0. The van der Waals surface area contributed by atoms with E-state index < -0.39 is 10.0 Å². The van der Waals surface area contributed by atoms with E-state index in [1.165, 1.54) is 23.6 Å². The van der Waals surface area contributed by atoms with E-state index in [-0.39, 0.29) is 18.0 Å². The summed E-state index contributed by atoms with van der Waals surface area (Å²) in [5.41, 5.74) is 6.12. The third-order valence-electron chi connectivity index (χ3n) is 2.61. The number of rotatable bonds is 6. The number of aromatic amines is 1. The fraction of sp³-hybridized carbons (Fsp3) is 0.364. The van der Waals surface area contributed by atoms with Crippen LogP contribution >= 0.6 is 11.3 Å². The molecule has 8 heteroatoms. The molecule has 0 aliphatic carbocycles. The van der Waals surface area contributed by atoms with Crippen LogP contribution in [-0.2, 0) is 29.5 Å². The number of hydrogen-bond donors (Lipinski definition) is 3. The van der Waals surface area contributed by atoms with Gasteiger partial charge in [-0.25, -0.2) is 18.1 Å². The van der Waals surface area contributed by atoms with Gasteiger partial charge in [0.05, 0.1) is 11.4 Å². The largest absolute Gasteiger partial charge is 0.363 e. The molecule has 0 aromatic carbocycles. The maximum Gasteiger partial charge on any atom is 0.242 e. The Balaban J connectivity index is 2.05. The zero-order valence-electron chi connectivity index (χ0n) is 10.5. The van der Waals surface area contributed by atoms with Crippen molar-refractivity contribution in [3.05, 3.63) is 34.0 Å². The lowest BCUT2D eigenvalue weighted by Crippen LogP contribution is -2.22. The van der Waals surface area contributed by atoms with Crippen molar-refractivity contribution in [2.24, 2.45) is 5.73 Å². The van der Waals surface area contributed by atoms with Crippen molar-refractivity contribution in [2.75, 3.05) is 0 Å². The summed E-state index contributed by atoms with van der Waals surface area (Å²) in [5, 5.41) is 0.759. The normalized spacial score (nSPS) is 11.9. The van der Waals surface area contributed by atoms with Crippen LogP contribution in [0.1, 0.15) is 22.5 Å². The van der Waals surface area contributed by atoms with Gasteiger partial charge in [-0.05, 0) is 12.5 Å². The monoisotopic (exact) mass is 300 g/mol. The second kappa shape index (κ2) is 5.83. The smallest absolute Gasteiger partial charge is 0.242 e. The van der Waals surface area contributed by atoms with Gasteiger partial charge in [0, 0.05) is 29.5 Å². The number of sulfonamides is 1. The molecule has 0 aliphatic rings. The number of nitrogens with one attached hydrogen (secondary N) is 2. The number of thiazole rings is 1. The molecule has 2 heterocycles. The second-order valence-electron chi connectivity index (χ2n) is 3.96. The molecular formula is C11H16N4O2S2. The molecule has 0 bridgehead atoms. The van der Waals surface area contributed by atoms with E-state index >= 15 is 0 Å². The summed E-state index contributed by atoms with van der Waals surface area (Å²) in [4.78, 5) is 8.32. The van der Waals surface area contributed by atoms with E-state index in [2.05, 4.69) is 14.7 Å². The van der Waals surface area contributed by atoms with Crippen molar-refractivity contribution in [1.82, 2.24) is 14.7 Å². The van der Waals surface area contributed by atoms with E-state index in [0.717, 1.165) is 16.3 Å². The molecule has 4 N–H and O–H groups in total. The Hall–Kier alpha value is -1.22. The molecule has 0 atom stereocenters. The van der Waals surface area contributed by atoms with E-state index in [9.17, 15) is 8.42 Å². The molecule has 0 fully saturated rings. The topological polar surface area (TPSA) is 101 Å². The summed E-state index contributed by atoms with van der Waals surface area (Å²) in [6.07, 6.45) is 4.11. The van der Waals surface area contributed by atoms with E-state index in [4.69, 9.17) is 5.73 Å². The molecule has 2 rings (SSSR count). The van der Waals surface area contributed by atoms with Crippen LogP contribution < -0.4 is 10.5 Å². The maximum absolute atomic E-state index is 12.0. The molecule has 0 aliphatic heterocycles. The first-order valence-electron chi connectivity index (χ1n) is 5.85. The Morgan fingerprint density at radius 2 is 2.32 bits per heavy atom. The van der Waals surface area contributed by atoms with Gasteiger partial charge in [0.1, 0.15) is 5.01 Å². The third kappa shape index (κ3) is 3.41. The molecule has 0 spiro atoms. The molecule has 6 nitrogen and oxygen atoms in total. The van der Waals surface area contributed by atoms with Crippen LogP contribution in [0, 0.1) is 0 Å². The second-order valence-corrected chi connectivity index (χ2v) is 6.93. The van der Waals surface area contributed by atoms with Gasteiger partial charge in [-0.15, -0.1) is 11.3 Å². The van der Waals surface area contributed by atoms with Crippen LogP contribution in [0.3, 0.4) is 0 Å². The Kier molecular flexibility index (Phi) is 4.35. The zero-order valence-corrected chi connectivity index (χ0v) is 12.1. The zero-order chi connectivity index (χ0) is 13.9. The van der Waals surface area contributed by atoms with Crippen molar-refractivity contribution in [1.29, 1.82) is 0 Å². The summed E-state index contributed by atoms with van der Waals surface area (Å²) >= 11 is 1.51. The van der Waals surface area contributed by atoms with Crippen LogP contribution in [0.2, 0.25) is 0 Å². The Morgan fingerprint density at radius 1 is 1.53 bits per heavy atom. The van der Waals surface area contributed by atoms with Crippen molar-refractivity contribution in [3.63, 3.8) is 0 Å². The van der Waals surface area contributed by atoms with E-state index in [1.54, 1.807) is 6.20 Å². The van der Waals surface area contributed by atoms with Crippen LogP contribution in [0.4, 0.5) is 0 Å². The van der Waals surface area contributed by atoms with Gasteiger partial charge in [-0.1, -0.05) is 6.92 Å². The standard InChI is InChI=1S/C11H16N4O2S2/c1-2-9-5-14-11(18-9)7-15-19(16,17)10-3-8(4-12)13-6-10/h3,5-6,13,15H,2,4,7,12H2,1H3. The Labute approximate surface area is 116 Å². The van der Waals surface area contributed by atoms with E-state index in [0.29, 0.717) is 5.69 Å². The predicted octanol–water partition coefficient (Wildman–Crippen LogP) is 0.971. The highest BCUT2D eigenvalue weighted by molar-refractivity contribution is 7.89. The van der Waals surface area contributed by atoms with Crippen LogP contribution in [-0.4, -0.2) is 18.4 Å². The highest BCUT2D eigenvalue weighted by Crippen LogP contribution is 2.15. The van der Waals surface area contributed by atoms with Gasteiger partial charge in [0.25, 0.3) is 0 Å². The molecule has 0 radical (unpaired) electrons. The fourth-order valence-electron chi connectivity index (χ4n) is 1.53. The molecule has 2 aromatic rings. The van der Waals surface area contributed by atoms with Gasteiger partial charge in [-0.2, -0.15) is 0 Å². The van der Waals surface area contributed by atoms with Gasteiger partial charge >= 0.3 is 0 Å². The molecule has 0 saturated heterocycles. The average molecular weight is 300 g/mol. The van der Waals surface area contributed by atoms with Gasteiger partial charge in [0.2, 0.25) is 10.0 Å². The number of hydrogen-bond acceptors (Lipinski definition) is 5. The first kappa shape index (κ1) is 14.2. The minimum absolute atomic E-state index is 0.195. The molecule has 0 amide bonds. The van der Waals surface area contributed by atoms with Gasteiger partial charge in [0.15, 0.2) is 0 Å². The van der Waals surface area contributed by atoms with Gasteiger partial charge in [-0.3, -0.25) is 0 Å². The number of nitrogens with two attached hydrogens (primary N) is 1. The third-order valence-corrected chi connectivity index (χ3v) is 5.13. The fourth-order valence-corrected chi connectivity index (χ4v) is 3.42. The minimum atomic E-state index is -3.52. The molecule has 19 heavy (non-hydrogen) atoms. The molecule has 104 valence electrons. The Bertz CT molecular complexity index is 645. The van der Waals surface area contributed by atoms with Crippen LogP contribution in [0.15, 0.2) is 23.4 Å². The molecular weight excluding hydrogens is 284 g/mol. The first-order valence-corrected chi connectivity index (χ1v) is 8.15. The van der Waals surface area contributed by atoms with Crippen molar-refractivity contribution in [2.45, 2.75) is 31.3 Å². The quantitative estimate of drug-likeness (QED) is 0.740. The SMILES string of the molecule is CCc1cnc(CNS(=O)(=O)c2c[nH]c(CN)c2)s1. The summed E-state index contributed by atoms with van der Waals surface area (Å²) < 4.78 is 26.6. The summed E-state index contributed by atoms with van der Waals surface area (Å²) in [6, 6.07) is 1.53. The Morgan fingerprint density at radius 3 is 2.89 bits per heavy atom. The number of H-pyrrole nitrogens is 1. The molecule has 0 saturated carbocycles. The first-order chi connectivity index (χ1) is 9.05. The highest BCUT2D eigenvalue weighted by Gasteiger charge is 2.16. The highest BCUT2D eigenvalue weighted by atomic mass is 32.2. The average Bonchev–Trinajstić information content (AvgIpc) is 3.05. The summed E-state index contributed by atoms with van der Waals surface area (Å²) in [6.45, 7) is 2.52. The lowest BCUT2D eigenvalue weighted by molar-refractivity contribution is 0.581. The molecule has 2 aromatic heterocycles. The van der Waals surface area contributed by atoms with Gasteiger partial charge < -0.3 is 10.7 Å². The van der Waals surface area contributed by atoms with Crippen molar-refractivity contribution in [3.8, 4) is 0 Å². The minimum Gasteiger partial charge on any atom is -0.363 e. The number of aromatic nitrogens is 2. The van der Waals surface area contributed by atoms with Crippen molar-refractivity contribution >= 4 is 21.4 Å². The predicted molar refractivity (Wildman–Crippen MR) is 74.2 cm³/mol.